The normalized spacial score (nSPS) is 10.5. The number of hydrogen-bond acceptors (Lipinski definition) is 3. The van der Waals surface area contributed by atoms with E-state index in [1.54, 1.807) is 24.3 Å². The number of halogens is 2. The van der Waals surface area contributed by atoms with Crippen LogP contribution in [-0.2, 0) is 0 Å². The summed E-state index contributed by atoms with van der Waals surface area (Å²) in [7, 11) is 0. The predicted molar refractivity (Wildman–Crippen MR) is 75.7 cm³/mol. The van der Waals surface area contributed by atoms with E-state index < -0.39 is 23.2 Å². The summed E-state index contributed by atoms with van der Waals surface area (Å²) < 4.78 is 27.0. The van der Waals surface area contributed by atoms with Crippen LogP contribution in [0.1, 0.15) is 10.5 Å². The highest BCUT2D eigenvalue weighted by molar-refractivity contribution is 6.02. The van der Waals surface area contributed by atoms with Gasteiger partial charge in [0.25, 0.3) is 5.91 Å². The second-order valence-electron chi connectivity index (χ2n) is 4.41. The molecule has 7 heteroatoms. The van der Waals surface area contributed by atoms with Crippen LogP contribution in [0.15, 0.2) is 54.7 Å². The molecule has 3 rings (SSSR count). The van der Waals surface area contributed by atoms with Crippen molar-refractivity contribution in [2.45, 2.75) is 0 Å². The summed E-state index contributed by atoms with van der Waals surface area (Å²) in [6, 6.07) is 12.3. The van der Waals surface area contributed by atoms with E-state index in [9.17, 15) is 13.6 Å². The molecule has 0 aliphatic carbocycles. The first-order valence-corrected chi connectivity index (χ1v) is 6.38. The lowest BCUT2D eigenvalue weighted by molar-refractivity contribution is 0.102. The van der Waals surface area contributed by atoms with Crippen LogP contribution < -0.4 is 5.32 Å². The summed E-state index contributed by atoms with van der Waals surface area (Å²) >= 11 is 0. The van der Waals surface area contributed by atoms with Crippen LogP contribution >= 0.6 is 0 Å². The summed E-state index contributed by atoms with van der Waals surface area (Å²) in [5.41, 5.74) is 0.104. The zero-order valence-electron chi connectivity index (χ0n) is 11.2. The van der Waals surface area contributed by atoms with Crippen LogP contribution in [0.3, 0.4) is 0 Å². The smallest absolute Gasteiger partial charge is 0.278 e. The number of carbonyl (C=O) groups is 1. The highest BCUT2D eigenvalue weighted by Crippen LogP contribution is 2.18. The molecule has 0 atom stereocenters. The second kappa shape index (κ2) is 5.72. The number of amides is 1. The summed E-state index contributed by atoms with van der Waals surface area (Å²) in [4.78, 5) is 13.3. The molecule has 3 aromatic rings. The molecule has 0 radical (unpaired) electrons. The molecule has 0 fully saturated rings. The number of carbonyl (C=O) groups excluding carboxylic acids is 1. The van der Waals surface area contributed by atoms with Crippen molar-refractivity contribution in [2.75, 3.05) is 5.32 Å². The molecule has 0 saturated carbocycles. The molecule has 0 spiro atoms. The highest BCUT2D eigenvalue weighted by Gasteiger charge is 2.16. The van der Waals surface area contributed by atoms with E-state index in [0.29, 0.717) is 5.69 Å². The monoisotopic (exact) mass is 300 g/mol. The minimum atomic E-state index is -0.858. The molecule has 0 saturated heterocycles. The number of hydrogen-bond donors (Lipinski definition) is 1. The van der Waals surface area contributed by atoms with Gasteiger partial charge in [0.15, 0.2) is 5.69 Å². The van der Waals surface area contributed by atoms with Gasteiger partial charge < -0.3 is 5.32 Å². The molecule has 0 unspecified atom stereocenters. The average molecular weight is 300 g/mol. The maximum Gasteiger partial charge on any atom is 0.278 e. The Labute approximate surface area is 124 Å². The second-order valence-corrected chi connectivity index (χ2v) is 4.41. The largest absolute Gasteiger partial charge is 0.316 e. The fraction of sp³-hybridized carbons (Fsp3) is 0. The zero-order valence-corrected chi connectivity index (χ0v) is 11.2. The number of nitrogens with one attached hydrogen (secondary N) is 1. The van der Waals surface area contributed by atoms with Crippen molar-refractivity contribution in [1.82, 2.24) is 15.0 Å². The van der Waals surface area contributed by atoms with Gasteiger partial charge in [0.1, 0.15) is 17.3 Å². The number of para-hydroxylation sites is 2. The standard InChI is InChI=1S/C15H10F2N4O/c16-11-7-4-8-12(17)14(11)19-15(22)13-9-18-21(20-13)10-5-2-1-3-6-10/h1-9H,(H,19,22). The van der Waals surface area contributed by atoms with E-state index in [-0.39, 0.29) is 5.69 Å². The number of aromatic nitrogens is 3. The van der Waals surface area contributed by atoms with E-state index in [2.05, 4.69) is 15.5 Å². The van der Waals surface area contributed by atoms with Crippen molar-refractivity contribution in [3.63, 3.8) is 0 Å². The first-order chi connectivity index (χ1) is 10.6. The topological polar surface area (TPSA) is 59.8 Å². The molecule has 5 nitrogen and oxygen atoms in total. The van der Waals surface area contributed by atoms with Crippen molar-refractivity contribution in [1.29, 1.82) is 0 Å². The van der Waals surface area contributed by atoms with Gasteiger partial charge in [-0.2, -0.15) is 9.90 Å². The summed E-state index contributed by atoms with van der Waals surface area (Å²) in [5, 5.41) is 10.1. The molecule has 22 heavy (non-hydrogen) atoms. The minimum absolute atomic E-state index is 0.0495. The first kappa shape index (κ1) is 13.9. The van der Waals surface area contributed by atoms with Crippen LogP contribution in [0, 0.1) is 11.6 Å². The summed E-state index contributed by atoms with van der Waals surface area (Å²) in [5.74, 6) is -2.46. The van der Waals surface area contributed by atoms with E-state index in [1.807, 2.05) is 6.07 Å². The third kappa shape index (κ3) is 2.69. The van der Waals surface area contributed by atoms with Crippen molar-refractivity contribution >= 4 is 11.6 Å². The molecule has 0 aliphatic heterocycles. The Morgan fingerprint density at radius 2 is 1.68 bits per heavy atom. The summed E-state index contributed by atoms with van der Waals surface area (Å²) in [6.07, 6.45) is 1.22. The minimum Gasteiger partial charge on any atom is -0.316 e. The molecule has 0 aliphatic rings. The first-order valence-electron chi connectivity index (χ1n) is 6.38. The van der Waals surface area contributed by atoms with E-state index in [0.717, 1.165) is 12.1 Å². The fourth-order valence-electron chi connectivity index (χ4n) is 1.85. The van der Waals surface area contributed by atoms with Crippen LogP contribution in [0.5, 0.6) is 0 Å². The lowest BCUT2D eigenvalue weighted by Crippen LogP contribution is -2.15. The predicted octanol–water partition coefficient (Wildman–Crippen LogP) is 2.80. The zero-order chi connectivity index (χ0) is 15.5. The Morgan fingerprint density at radius 3 is 2.36 bits per heavy atom. The van der Waals surface area contributed by atoms with Crippen LogP contribution in [0.4, 0.5) is 14.5 Å². The van der Waals surface area contributed by atoms with Crippen LogP contribution in [0.25, 0.3) is 5.69 Å². The summed E-state index contributed by atoms with van der Waals surface area (Å²) in [6.45, 7) is 0. The van der Waals surface area contributed by atoms with Gasteiger partial charge in [-0.3, -0.25) is 4.79 Å². The SMILES string of the molecule is O=C(Nc1c(F)cccc1F)c1cnn(-c2ccccc2)n1. The Balaban J connectivity index is 1.83. The molecular weight excluding hydrogens is 290 g/mol. The number of rotatable bonds is 3. The van der Waals surface area contributed by atoms with Gasteiger partial charge >= 0.3 is 0 Å². The fourth-order valence-corrected chi connectivity index (χ4v) is 1.85. The van der Waals surface area contributed by atoms with Crippen LogP contribution in [-0.4, -0.2) is 20.9 Å². The molecule has 1 amide bonds. The molecule has 2 aromatic carbocycles. The maximum atomic E-state index is 13.5. The Morgan fingerprint density at radius 1 is 1.00 bits per heavy atom. The molecule has 110 valence electrons. The van der Waals surface area contributed by atoms with Crippen molar-refractivity contribution in [3.8, 4) is 5.69 Å². The number of benzene rings is 2. The molecule has 1 heterocycles. The van der Waals surface area contributed by atoms with Gasteiger partial charge in [-0.1, -0.05) is 24.3 Å². The highest BCUT2D eigenvalue weighted by atomic mass is 19.1. The number of anilines is 1. The van der Waals surface area contributed by atoms with Crippen molar-refractivity contribution in [2.24, 2.45) is 0 Å². The van der Waals surface area contributed by atoms with Gasteiger partial charge in [-0.05, 0) is 24.3 Å². The van der Waals surface area contributed by atoms with Gasteiger partial charge in [0.05, 0.1) is 11.9 Å². The lowest BCUT2D eigenvalue weighted by atomic mass is 10.3. The Kier molecular flexibility index (Phi) is 3.61. The van der Waals surface area contributed by atoms with E-state index >= 15 is 0 Å². The lowest BCUT2D eigenvalue weighted by Gasteiger charge is -2.05. The molecule has 1 N–H and O–H groups in total. The molecule has 0 bridgehead atoms. The van der Waals surface area contributed by atoms with Gasteiger partial charge in [0, 0.05) is 0 Å². The van der Waals surface area contributed by atoms with Gasteiger partial charge in [-0.25, -0.2) is 8.78 Å². The molecule has 1 aromatic heterocycles. The Hall–Kier alpha value is -3.09. The van der Waals surface area contributed by atoms with Crippen LogP contribution in [0.2, 0.25) is 0 Å². The van der Waals surface area contributed by atoms with Gasteiger partial charge in [0.2, 0.25) is 0 Å². The van der Waals surface area contributed by atoms with Gasteiger partial charge in [-0.15, -0.1) is 5.10 Å². The third-order valence-corrected chi connectivity index (χ3v) is 2.91. The third-order valence-electron chi connectivity index (χ3n) is 2.91. The van der Waals surface area contributed by atoms with Crippen molar-refractivity contribution in [3.05, 3.63) is 72.1 Å². The van der Waals surface area contributed by atoms with Crippen molar-refractivity contribution < 1.29 is 13.6 Å². The number of nitrogens with zero attached hydrogens (tertiary/aromatic N) is 3. The van der Waals surface area contributed by atoms with E-state index in [4.69, 9.17) is 0 Å². The quantitative estimate of drug-likeness (QED) is 0.809. The maximum absolute atomic E-state index is 13.5. The average Bonchev–Trinajstić information content (AvgIpc) is 3.02. The van der Waals surface area contributed by atoms with E-state index in [1.165, 1.54) is 17.1 Å². The molecular formula is C15H10F2N4O. The Bertz CT molecular complexity index is 797.